The van der Waals surface area contributed by atoms with Crippen LogP contribution in [0.3, 0.4) is 0 Å². The number of hydrogen-bond acceptors (Lipinski definition) is 4. The molecule has 2 aromatic carbocycles. The SMILES string of the molecule is O=C(CCS(=O)(=O)c1ccccc1)N1CCS[C@@H](c2ccccc2Cl)CC1. The van der Waals surface area contributed by atoms with Crippen LogP contribution in [0.15, 0.2) is 59.5 Å². The van der Waals surface area contributed by atoms with E-state index in [0.717, 1.165) is 22.8 Å². The minimum atomic E-state index is -3.43. The van der Waals surface area contributed by atoms with Gasteiger partial charge in [-0.05, 0) is 30.2 Å². The first-order valence-electron chi connectivity index (χ1n) is 8.89. The smallest absolute Gasteiger partial charge is 0.223 e. The minimum Gasteiger partial charge on any atom is -0.342 e. The highest BCUT2D eigenvalue weighted by molar-refractivity contribution is 7.99. The molecule has 2 aromatic rings. The number of carbonyl (C=O) groups excluding carboxylic acids is 1. The second kappa shape index (κ2) is 9.13. The van der Waals surface area contributed by atoms with Crippen molar-refractivity contribution in [1.82, 2.24) is 4.90 Å². The molecule has 1 aliphatic rings. The van der Waals surface area contributed by atoms with E-state index in [0.29, 0.717) is 13.1 Å². The van der Waals surface area contributed by atoms with Gasteiger partial charge in [-0.3, -0.25) is 4.79 Å². The Morgan fingerprint density at radius 3 is 2.52 bits per heavy atom. The van der Waals surface area contributed by atoms with Gasteiger partial charge in [0.1, 0.15) is 0 Å². The molecule has 0 spiro atoms. The molecule has 1 atom stereocenters. The van der Waals surface area contributed by atoms with Gasteiger partial charge in [0.05, 0.1) is 10.6 Å². The minimum absolute atomic E-state index is 0.0126. The number of rotatable bonds is 5. The summed E-state index contributed by atoms with van der Waals surface area (Å²) in [6.07, 6.45) is 0.824. The average molecular weight is 424 g/mol. The molecule has 1 fully saturated rings. The van der Waals surface area contributed by atoms with E-state index in [1.807, 2.05) is 24.3 Å². The number of amides is 1. The van der Waals surface area contributed by atoms with Gasteiger partial charge in [-0.1, -0.05) is 48.0 Å². The molecule has 1 saturated heterocycles. The van der Waals surface area contributed by atoms with Crippen LogP contribution in [0.1, 0.15) is 23.7 Å². The number of benzene rings is 2. The summed E-state index contributed by atoms with van der Waals surface area (Å²) in [6.45, 7) is 1.25. The average Bonchev–Trinajstić information content (AvgIpc) is 2.93. The van der Waals surface area contributed by atoms with Gasteiger partial charge in [-0.15, -0.1) is 0 Å². The Kier molecular flexibility index (Phi) is 6.84. The normalized spacial score (nSPS) is 18.1. The van der Waals surface area contributed by atoms with E-state index in [4.69, 9.17) is 11.6 Å². The molecule has 0 N–H and O–H groups in total. The predicted octanol–water partition coefficient (Wildman–Crippen LogP) is 4.21. The van der Waals surface area contributed by atoms with Gasteiger partial charge in [0.15, 0.2) is 9.84 Å². The van der Waals surface area contributed by atoms with E-state index in [2.05, 4.69) is 0 Å². The second-order valence-electron chi connectivity index (χ2n) is 6.43. The Hall–Kier alpha value is -1.50. The molecular formula is C20H22ClNO3S2. The van der Waals surface area contributed by atoms with Gasteiger partial charge in [0.2, 0.25) is 5.91 Å². The lowest BCUT2D eigenvalue weighted by Crippen LogP contribution is -2.34. The van der Waals surface area contributed by atoms with E-state index in [1.54, 1.807) is 47.0 Å². The van der Waals surface area contributed by atoms with Gasteiger partial charge >= 0.3 is 0 Å². The van der Waals surface area contributed by atoms with E-state index < -0.39 is 9.84 Å². The highest BCUT2D eigenvalue weighted by Crippen LogP contribution is 2.37. The van der Waals surface area contributed by atoms with E-state index in [1.165, 1.54) is 0 Å². The number of carbonyl (C=O) groups is 1. The Morgan fingerprint density at radius 2 is 1.78 bits per heavy atom. The van der Waals surface area contributed by atoms with Gasteiger partial charge in [-0.25, -0.2) is 8.42 Å². The third-order valence-corrected chi connectivity index (χ3v) is 8.02. The number of thioether (sulfide) groups is 1. The molecule has 0 unspecified atom stereocenters. The third-order valence-electron chi connectivity index (χ3n) is 4.63. The van der Waals surface area contributed by atoms with Crippen molar-refractivity contribution in [2.75, 3.05) is 24.6 Å². The zero-order chi connectivity index (χ0) is 19.3. The lowest BCUT2D eigenvalue weighted by Gasteiger charge is -2.20. The fraction of sp³-hybridized carbons (Fsp3) is 0.350. The van der Waals surface area contributed by atoms with Crippen LogP contribution in [-0.4, -0.2) is 43.8 Å². The highest BCUT2D eigenvalue weighted by atomic mass is 35.5. The van der Waals surface area contributed by atoms with Crippen LogP contribution < -0.4 is 0 Å². The van der Waals surface area contributed by atoms with Gasteiger partial charge in [0.25, 0.3) is 0 Å². The van der Waals surface area contributed by atoms with Gasteiger partial charge in [0, 0.05) is 35.5 Å². The van der Waals surface area contributed by atoms with Crippen LogP contribution in [0.5, 0.6) is 0 Å². The van der Waals surface area contributed by atoms with Crippen molar-refractivity contribution in [3.05, 3.63) is 65.2 Å². The summed E-state index contributed by atoms with van der Waals surface area (Å²) in [5, 5.41) is 1.01. The number of hydrogen-bond donors (Lipinski definition) is 0. The monoisotopic (exact) mass is 423 g/mol. The van der Waals surface area contributed by atoms with Crippen LogP contribution in [0.2, 0.25) is 5.02 Å². The summed E-state index contributed by atoms with van der Waals surface area (Å²) in [7, 11) is -3.43. The third kappa shape index (κ3) is 5.27. The quantitative estimate of drug-likeness (QED) is 0.722. The van der Waals surface area contributed by atoms with Crippen molar-refractivity contribution >= 4 is 39.1 Å². The van der Waals surface area contributed by atoms with Gasteiger partial charge < -0.3 is 4.90 Å². The summed E-state index contributed by atoms with van der Waals surface area (Å²) >= 11 is 8.10. The predicted molar refractivity (Wildman–Crippen MR) is 111 cm³/mol. The van der Waals surface area contributed by atoms with Crippen LogP contribution in [-0.2, 0) is 14.6 Å². The zero-order valence-electron chi connectivity index (χ0n) is 14.9. The number of halogens is 1. The number of sulfone groups is 1. The summed E-state index contributed by atoms with van der Waals surface area (Å²) in [5.74, 6) is 0.551. The zero-order valence-corrected chi connectivity index (χ0v) is 17.3. The largest absolute Gasteiger partial charge is 0.342 e. The summed E-state index contributed by atoms with van der Waals surface area (Å²) in [6, 6.07) is 16.1. The second-order valence-corrected chi connectivity index (χ2v) is 10.3. The van der Waals surface area contributed by atoms with E-state index in [-0.39, 0.29) is 28.2 Å². The van der Waals surface area contributed by atoms with Crippen molar-refractivity contribution in [1.29, 1.82) is 0 Å². The molecule has 0 saturated carbocycles. The van der Waals surface area contributed by atoms with Gasteiger partial charge in [-0.2, -0.15) is 11.8 Å². The van der Waals surface area contributed by atoms with E-state index >= 15 is 0 Å². The Balaban J connectivity index is 1.58. The lowest BCUT2D eigenvalue weighted by molar-refractivity contribution is -0.130. The van der Waals surface area contributed by atoms with Crippen LogP contribution in [0, 0.1) is 0 Å². The summed E-state index contributed by atoms with van der Waals surface area (Å²) in [5.41, 5.74) is 1.10. The van der Waals surface area contributed by atoms with Crippen LogP contribution in [0.4, 0.5) is 0 Å². The molecule has 4 nitrogen and oxygen atoms in total. The maximum atomic E-state index is 12.6. The molecule has 27 heavy (non-hydrogen) atoms. The molecule has 1 heterocycles. The fourth-order valence-electron chi connectivity index (χ4n) is 3.13. The number of nitrogens with zero attached hydrogens (tertiary/aromatic N) is 1. The van der Waals surface area contributed by atoms with Crippen molar-refractivity contribution < 1.29 is 13.2 Å². The molecule has 7 heteroatoms. The van der Waals surface area contributed by atoms with Crippen molar-refractivity contribution in [2.45, 2.75) is 23.0 Å². The molecular weight excluding hydrogens is 402 g/mol. The molecule has 1 aliphatic heterocycles. The molecule has 3 rings (SSSR count). The Labute approximate surface area is 169 Å². The van der Waals surface area contributed by atoms with Crippen molar-refractivity contribution in [3.8, 4) is 0 Å². The Bertz CT molecular complexity index is 887. The van der Waals surface area contributed by atoms with Crippen LogP contribution in [0.25, 0.3) is 0 Å². The lowest BCUT2D eigenvalue weighted by atomic mass is 10.1. The highest BCUT2D eigenvalue weighted by Gasteiger charge is 2.24. The maximum Gasteiger partial charge on any atom is 0.223 e. The maximum absolute atomic E-state index is 12.6. The van der Waals surface area contributed by atoms with Crippen LogP contribution >= 0.6 is 23.4 Å². The molecule has 0 bridgehead atoms. The van der Waals surface area contributed by atoms with Crippen molar-refractivity contribution in [2.24, 2.45) is 0 Å². The molecule has 0 radical (unpaired) electrons. The summed E-state index contributed by atoms with van der Waals surface area (Å²) in [4.78, 5) is 14.6. The standard InChI is InChI=1S/C20H22ClNO3S2/c21-18-9-5-4-8-17(18)19-10-12-22(13-14-26-19)20(23)11-15-27(24,25)16-6-2-1-3-7-16/h1-9,19H,10-15H2/t19-/m1/s1. The molecule has 0 aromatic heterocycles. The first kappa shape index (κ1) is 20.2. The van der Waals surface area contributed by atoms with Crippen molar-refractivity contribution in [3.63, 3.8) is 0 Å². The topological polar surface area (TPSA) is 54.5 Å². The van der Waals surface area contributed by atoms with E-state index in [9.17, 15) is 13.2 Å². The fourth-order valence-corrected chi connectivity index (χ4v) is 5.98. The molecule has 144 valence electrons. The molecule has 0 aliphatic carbocycles. The summed E-state index contributed by atoms with van der Waals surface area (Å²) < 4.78 is 24.7. The first-order chi connectivity index (χ1) is 13.0. The Morgan fingerprint density at radius 1 is 1.07 bits per heavy atom. The first-order valence-corrected chi connectivity index (χ1v) is 12.0. The molecule has 1 amide bonds.